The summed E-state index contributed by atoms with van der Waals surface area (Å²) in [5, 5.41) is 9.30. The predicted molar refractivity (Wildman–Crippen MR) is 42.6 cm³/mol. The average molecular weight is 175 g/mol. The highest BCUT2D eigenvalue weighted by molar-refractivity contribution is 6.31. The van der Waals surface area contributed by atoms with Crippen LogP contribution in [0.3, 0.4) is 0 Å². The zero-order valence-electron chi connectivity index (χ0n) is 6.01. The number of hydrogen-bond acceptors (Lipinski definition) is 1. The van der Waals surface area contributed by atoms with Gasteiger partial charge in [0.15, 0.2) is 0 Å². The van der Waals surface area contributed by atoms with E-state index in [0.717, 1.165) is 0 Å². The van der Waals surface area contributed by atoms with E-state index in [-0.39, 0.29) is 10.8 Å². The van der Waals surface area contributed by atoms with Gasteiger partial charge in [0, 0.05) is 0 Å². The molecule has 60 valence electrons. The van der Waals surface area contributed by atoms with Gasteiger partial charge < -0.3 is 5.11 Å². The van der Waals surface area contributed by atoms with E-state index in [1.165, 1.54) is 19.1 Å². The normalized spacial score (nSPS) is 13.0. The van der Waals surface area contributed by atoms with Crippen LogP contribution in [0.4, 0.5) is 4.39 Å². The number of alkyl halides is 1. The van der Waals surface area contributed by atoms with Gasteiger partial charge in [0.1, 0.15) is 11.9 Å². The fourth-order valence-electron chi connectivity index (χ4n) is 0.777. The number of halogens is 2. The molecule has 1 atom stereocenters. The second-order valence-corrected chi connectivity index (χ2v) is 2.73. The van der Waals surface area contributed by atoms with Crippen LogP contribution in [-0.2, 0) is 0 Å². The maximum absolute atomic E-state index is 12.6. The van der Waals surface area contributed by atoms with Crippen molar-refractivity contribution in [3.8, 4) is 5.75 Å². The number of aromatic hydroxyl groups is 1. The Morgan fingerprint density at radius 1 is 1.55 bits per heavy atom. The van der Waals surface area contributed by atoms with Crippen molar-refractivity contribution in [2.75, 3.05) is 0 Å². The molecule has 0 radical (unpaired) electrons. The molecule has 1 aromatic rings. The first kappa shape index (κ1) is 8.34. The molecule has 0 aromatic heterocycles. The van der Waals surface area contributed by atoms with E-state index in [0.29, 0.717) is 5.56 Å². The van der Waals surface area contributed by atoms with Gasteiger partial charge >= 0.3 is 0 Å². The molecule has 0 aliphatic heterocycles. The summed E-state index contributed by atoms with van der Waals surface area (Å²) in [6, 6.07) is 4.35. The van der Waals surface area contributed by atoms with Crippen molar-refractivity contribution < 1.29 is 9.50 Å². The lowest BCUT2D eigenvalue weighted by atomic mass is 10.1. The Morgan fingerprint density at radius 2 is 2.18 bits per heavy atom. The third-order valence-corrected chi connectivity index (χ3v) is 1.75. The summed E-state index contributed by atoms with van der Waals surface area (Å²) in [5.41, 5.74) is 0.437. The van der Waals surface area contributed by atoms with Gasteiger partial charge in [-0.25, -0.2) is 4.39 Å². The highest BCUT2D eigenvalue weighted by atomic mass is 35.5. The standard InChI is InChI=1S/C8H8ClFO/c1-5(10)6-2-3-7(9)8(11)4-6/h2-5,11H,1H3. The Hall–Kier alpha value is -0.760. The summed E-state index contributed by atoms with van der Waals surface area (Å²) in [7, 11) is 0. The molecule has 0 fully saturated rings. The number of phenolic OH excluding ortho intramolecular Hbond substituents is 1. The third-order valence-electron chi connectivity index (χ3n) is 1.43. The van der Waals surface area contributed by atoms with Crippen molar-refractivity contribution >= 4 is 11.6 Å². The molecule has 0 amide bonds. The van der Waals surface area contributed by atoms with Gasteiger partial charge in [0.2, 0.25) is 0 Å². The Bertz CT molecular complexity index is 260. The lowest BCUT2D eigenvalue weighted by molar-refractivity contribution is 0.372. The number of phenols is 1. The lowest BCUT2D eigenvalue weighted by Crippen LogP contribution is -1.83. The third kappa shape index (κ3) is 1.84. The summed E-state index contributed by atoms with van der Waals surface area (Å²) in [6.45, 7) is 1.41. The maximum Gasteiger partial charge on any atom is 0.134 e. The Morgan fingerprint density at radius 3 is 2.64 bits per heavy atom. The van der Waals surface area contributed by atoms with Crippen LogP contribution in [0.5, 0.6) is 5.75 Å². The quantitative estimate of drug-likeness (QED) is 0.694. The first-order chi connectivity index (χ1) is 5.11. The van der Waals surface area contributed by atoms with Crippen molar-refractivity contribution in [2.24, 2.45) is 0 Å². The molecule has 0 heterocycles. The van der Waals surface area contributed by atoms with E-state index in [9.17, 15) is 4.39 Å². The topological polar surface area (TPSA) is 20.2 Å². The van der Waals surface area contributed by atoms with Crippen LogP contribution < -0.4 is 0 Å². The summed E-state index contributed by atoms with van der Waals surface area (Å²) in [4.78, 5) is 0. The molecule has 3 heteroatoms. The number of rotatable bonds is 1. The van der Waals surface area contributed by atoms with E-state index >= 15 is 0 Å². The molecule has 1 aromatic carbocycles. The van der Waals surface area contributed by atoms with Crippen LogP contribution in [0.25, 0.3) is 0 Å². The van der Waals surface area contributed by atoms with Crippen molar-refractivity contribution in [1.82, 2.24) is 0 Å². The Labute approximate surface area is 69.4 Å². The van der Waals surface area contributed by atoms with E-state index < -0.39 is 6.17 Å². The summed E-state index contributed by atoms with van der Waals surface area (Å²) >= 11 is 5.51. The molecular formula is C8H8ClFO. The summed E-state index contributed by atoms with van der Waals surface area (Å²) in [6.07, 6.45) is -1.07. The van der Waals surface area contributed by atoms with Crippen molar-refractivity contribution in [3.63, 3.8) is 0 Å². The maximum atomic E-state index is 12.6. The monoisotopic (exact) mass is 174 g/mol. The second-order valence-electron chi connectivity index (χ2n) is 2.33. The van der Waals surface area contributed by atoms with Gasteiger partial charge in [-0.05, 0) is 24.6 Å². The zero-order valence-corrected chi connectivity index (χ0v) is 6.77. The van der Waals surface area contributed by atoms with Gasteiger partial charge in [-0.2, -0.15) is 0 Å². The molecule has 0 spiro atoms. The van der Waals surface area contributed by atoms with Crippen molar-refractivity contribution in [1.29, 1.82) is 0 Å². The minimum atomic E-state index is -1.07. The van der Waals surface area contributed by atoms with Crippen molar-refractivity contribution in [2.45, 2.75) is 13.1 Å². The molecule has 0 saturated heterocycles. The molecule has 1 N–H and O–H groups in total. The summed E-state index contributed by atoms with van der Waals surface area (Å²) in [5.74, 6) is -0.0753. The molecule has 0 aliphatic rings. The van der Waals surface area contributed by atoms with Crippen LogP contribution in [0.15, 0.2) is 18.2 Å². The minimum Gasteiger partial charge on any atom is -0.506 e. The average Bonchev–Trinajstić information content (AvgIpc) is 1.94. The highest BCUT2D eigenvalue weighted by Gasteiger charge is 2.05. The van der Waals surface area contributed by atoms with Crippen LogP contribution in [-0.4, -0.2) is 5.11 Å². The zero-order chi connectivity index (χ0) is 8.43. The van der Waals surface area contributed by atoms with E-state index in [4.69, 9.17) is 16.7 Å². The largest absolute Gasteiger partial charge is 0.506 e. The molecule has 1 unspecified atom stereocenters. The summed E-state index contributed by atoms with van der Waals surface area (Å²) < 4.78 is 12.6. The lowest BCUT2D eigenvalue weighted by Gasteiger charge is -2.02. The van der Waals surface area contributed by atoms with Gasteiger partial charge in [-0.15, -0.1) is 0 Å². The van der Waals surface area contributed by atoms with Gasteiger partial charge in [-0.1, -0.05) is 17.7 Å². The molecule has 0 bridgehead atoms. The SMILES string of the molecule is CC(F)c1ccc(Cl)c(O)c1. The Balaban J connectivity index is 3.05. The van der Waals surface area contributed by atoms with Gasteiger partial charge in [0.25, 0.3) is 0 Å². The molecule has 0 aliphatic carbocycles. The van der Waals surface area contributed by atoms with Gasteiger partial charge in [-0.3, -0.25) is 0 Å². The van der Waals surface area contributed by atoms with E-state index in [1.807, 2.05) is 0 Å². The second kappa shape index (κ2) is 3.09. The first-order valence-electron chi connectivity index (χ1n) is 3.23. The van der Waals surface area contributed by atoms with Crippen LogP contribution in [0.1, 0.15) is 18.7 Å². The Kier molecular flexibility index (Phi) is 2.35. The smallest absolute Gasteiger partial charge is 0.134 e. The minimum absolute atomic E-state index is 0.0753. The van der Waals surface area contributed by atoms with Crippen molar-refractivity contribution in [3.05, 3.63) is 28.8 Å². The number of benzene rings is 1. The molecule has 1 rings (SSSR count). The number of hydrogen-bond donors (Lipinski definition) is 1. The molecule has 0 saturated carbocycles. The van der Waals surface area contributed by atoms with E-state index in [1.54, 1.807) is 6.07 Å². The molecule has 1 nitrogen and oxygen atoms in total. The van der Waals surface area contributed by atoms with Gasteiger partial charge in [0.05, 0.1) is 5.02 Å². The van der Waals surface area contributed by atoms with Crippen LogP contribution in [0.2, 0.25) is 5.02 Å². The fourth-order valence-corrected chi connectivity index (χ4v) is 0.895. The molecular weight excluding hydrogens is 167 g/mol. The van der Waals surface area contributed by atoms with Crippen LogP contribution >= 0.6 is 11.6 Å². The predicted octanol–water partition coefficient (Wildman–Crippen LogP) is 3.08. The highest BCUT2D eigenvalue weighted by Crippen LogP contribution is 2.27. The molecule has 11 heavy (non-hydrogen) atoms. The first-order valence-corrected chi connectivity index (χ1v) is 3.61. The van der Waals surface area contributed by atoms with Crippen LogP contribution in [0, 0.1) is 0 Å². The van der Waals surface area contributed by atoms with E-state index in [2.05, 4.69) is 0 Å². The fraction of sp³-hybridized carbons (Fsp3) is 0.250.